The van der Waals surface area contributed by atoms with Gasteiger partial charge in [0.15, 0.2) is 0 Å². The van der Waals surface area contributed by atoms with Gasteiger partial charge in [0.2, 0.25) is 11.8 Å². The molecule has 2 aliphatic heterocycles. The maximum Gasteiger partial charge on any atom is 0.200 e. The highest BCUT2D eigenvalue weighted by atomic mass is 16.5. The molecule has 14 heteroatoms. The van der Waals surface area contributed by atoms with Crippen molar-refractivity contribution in [3.8, 4) is 40.3 Å². The van der Waals surface area contributed by atoms with Crippen LogP contribution in [0.15, 0.2) is 84.9 Å². The Morgan fingerprint density at radius 1 is 0.607 bits per heavy atom. The summed E-state index contributed by atoms with van der Waals surface area (Å²) in [6, 6.07) is 27.5. The van der Waals surface area contributed by atoms with Crippen molar-refractivity contribution in [2.75, 3.05) is 84.2 Å². The second-order valence-corrected chi connectivity index (χ2v) is 14.1. The minimum atomic E-state index is 0.113. The molecule has 0 amide bonds. The molecule has 0 spiro atoms. The largest absolute Gasteiger partial charge is 0.494 e. The van der Waals surface area contributed by atoms with Gasteiger partial charge in [-0.15, -0.1) is 0 Å². The molecule has 0 aliphatic carbocycles. The Labute approximate surface area is 322 Å². The van der Waals surface area contributed by atoms with Crippen LogP contribution in [-0.4, -0.2) is 129 Å². The van der Waals surface area contributed by atoms with E-state index >= 15 is 0 Å². The van der Waals surface area contributed by atoms with Crippen LogP contribution in [-0.2, 0) is 9.47 Å². The molecule has 14 nitrogen and oxygen atoms in total. The second kappa shape index (κ2) is 16.0. The Hall–Kier alpha value is -6.06. The standard InChI is InChI=1S/C21H23N5O2.C21H22N4O3/c27-21-19(15-3-1-2-4-16(15)25-21)20-23-17-6-5-14(13-18(17)24-20)22-7-8-26-9-11-28-12-10-26;26-21-19(15-3-1-2-4-16(15)24-21)20-22-17-6-5-14(13-18(17)23-20)28-12-9-25-7-10-27-11-8-25/h1-6,13,22,25,27H,7-12H2,(H,23,24);1-6,13,24,26H,7-12H2,(H,22,23). The monoisotopic (exact) mass is 755 g/mol. The van der Waals surface area contributed by atoms with E-state index in [2.05, 4.69) is 51.1 Å². The minimum absolute atomic E-state index is 0.113. The number of ether oxygens (including phenoxy) is 3. The zero-order valence-corrected chi connectivity index (χ0v) is 31.0. The Bertz CT molecular complexity index is 2400. The van der Waals surface area contributed by atoms with Gasteiger partial charge in [0.05, 0.1) is 59.6 Å². The van der Waals surface area contributed by atoms with E-state index in [-0.39, 0.29) is 11.8 Å². The molecule has 0 saturated carbocycles. The van der Waals surface area contributed by atoms with Crippen molar-refractivity contribution in [3.63, 3.8) is 0 Å². The third-order valence-electron chi connectivity index (χ3n) is 10.4. The highest BCUT2D eigenvalue weighted by Crippen LogP contribution is 2.37. The van der Waals surface area contributed by atoms with E-state index in [1.165, 1.54) is 0 Å². The molecule has 6 heterocycles. The fourth-order valence-corrected chi connectivity index (χ4v) is 7.47. The first-order valence-electron chi connectivity index (χ1n) is 19.1. The fraction of sp³-hybridized carbons (Fsp3) is 0.286. The van der Waals surface area contributed by atoms with Gasteiger partial charge in [-0.1, -0.05) is 36.4 Å². The van der Waals surface area contributed by atoms with Crippen LogP contribution in [0.3, 0.4) is 0 Å². The van der Waals surface area contributed by atoms with Gasteiger partial charge in [0, 0.05) is 79.4 Å². The normalized spacial score (nSPS) is 15.4. The van der Waals surface area contributed by atoms with Crippen LogP contribution in [0.4, 0.5) is 5.69 Å². The van der Waals surface area contributed by atoms with Gasteiger partial charge in [0.1, 0.15) is 24.0 Å². The van der Waals surface area contributed by atoms with E-state index in [0.29, 0.717) is 29.4 Å². The summed E-state index contributed by atoms with van der Waals surface area (Å²) in [4.78, 5) is 26.7. The van der Waals surface area contributed by atoms with E-state index in [9.17, 15) is 10.2 Å². The molecule has 4 aromatic carbocycles. The maximum atomic E-state index is 10.4. The number of nitrogens with zero attached hydrogens (tertiary/aromatic N) is 4. The number of H-pyrrole nitrogens is 4. The van der Waals surface area contributed by atoms with Crippen molar-refractivity contribution in [1.29, 1.82) is 0 Å². The first-order valence-corrected chi connectivity index (χ1v) is 19.1. The Morgan fingerprint density at radius 2 is 1.14 bits per heavy atom. The number of aromatic hydroxyl groups is 2. The summed E-state index contributed by atoms with van der Waals surface area (Å²) >= 11 is 0. The molecule has 2 fully saturated rings. The van der Waals surface area contributed by atoms with Crippen LogP contribution >= 0.6 is 0 Å². The Morgan fingerprint density at radius 3 is 1.75 bits per heavy atom. The van der Waals surface area contributed by atoms with Crippen molar-refractivity contribution in [2.24, 2.45) is 0 Å². The van der Waals surface area contributed by atoms with Crippen LogP contribution < -0.4 is 10.1 Å². The summed E-state index contributed by atoms with van der Waals surface area (Å²) in [5, 5.41) is 26.1. The van der Waals surface area contributed by atoms with E-state index in [4.69, 9.17) is 14.2 Å². The molecule has 7 N–H and O–H groups in total. The number of fused-ring (bicyclic) bond motifs is 4. The van der Waals surface area contributed by atoms with Gasteiger partial charge in [0.25, 0.3) is 0 Å². The third kappa shape index (κ3) is 7.59. The molecule has 2 saturated heterocycles. The van der Waals surface area contributed by atoms with E-state index < -0.39 is 0 Å². The molecule has 0 unspecified atom stereocenters. The zero-order chi connectivity index (χ0) is 37.8. The number of morpholine rings is 2. The molecule has 288 valence electrons. The van der Waals surface area contributed by atoms with Crippen molar-refractivity contribution in [3.05, 3.63) is 84.9 Å². The SMILES string of the molecule is Oc1[nH]c2ccccc2c1-c1nc2ccc(NCCN3CCOCC3)cc2[nH]1.Oc1[nH]c2ccccc2c1-c1nc2ccc(OCCN3CCOCC3)cc2[nH]1. The lowest BCUT2D eigenvalue weighted by Crippen LogP contribution is -2.38. The number of nitrogens with one attached hydrogen (secondary N) is 5. The van der Waals surface area contributed by atoms with Gasteiger partial charge in [-0.2, -0.15) is 0 Å². The number of rotatable bonds is 10. The molecule has 8 aromatic rings. The van der Waals surface area contributed by atoms with Gasteiger partial charge in [-0.05, 0) is 42.5 Å². The molecule has 2 aliphatic rings. The summed E-state index contributed by atoms with van der Waals surface area (Å²) in [6.07, 6.45) is 0. The molecule has 56 heavy (non-hydrogen) atoms. The highest BCUT2D eigenvalue weighted by molar-refractivity contribution is 6.00. The molecular weight excluding hydrogens is 711 g/mol. The average molecular weight is 756 g/mol. The first-order chi connectivity index (χ1) is 27.6. The Kier molecular flexibility index (Phi) is 10.2. The van der Waals surface area contributed by atoms with Gasteiger partial charge < -0.3 is 49.7 Å². The van der Waals surface area contributed by atoms with Crippen molar-refractivity contribution in [2.45, 2.75) is 0 Å². The molecule has 4 aromatic heterocycles. The Balaban J connectivity index is 0.000000146. The third-order valence-corrected chi connectivity index (χ3v) is 10.4. The van der Waals surface area contributed by atoms with Gasteiger partial charge >= 0.3 is 0 Å². The quantitative estimate of drug-likeness (QED) is 0.0841. The number of aromatic amines is 4. The molecular formula is C42H45N9O5. The van der Waals surface area contributed by atoms with Crippen molar-refractivity contribution < 1.29 is 24.4 Å². The molecule has 0 bridgehead atoms. The summed E-state index contributed by atoms with van der Waals surface area (Å²) in [5.41, 5.74) is 7.73. The van der Waals surface area contributed by atoms with Crippen LogP contribution in [0, 0.1) is 0 Å². The minimum Gasteiger partial charge on any atom is -0.494 e. The fourth-order valence-electron chi connectivity index (χ4n) is 7.47. The van der Waals surface area contributed by atoms with Crippen LogP contribution in [0.2, 0.25) is 0 Å². The lowest BCUT2D eigenvalue weighted by Gasteiger charge is -2.26. The number of imidazole rings is 2. The number of hydrogen-bond acceptors (Lipinski definition) is 10. The summed E-state index contributed by atoms with van der Waals surface area (Å²) in [5.74, 6) is 2.34. The second-order valence-electron chi connectivity index (χ2n) is 14.1. The van der Waals surface area contributed by atoms with Crippen molar-refractivity contribution in [1.82, 2.24) is 39.7 Å². The lowest BCUT2D eigenvalue weighted by molar-refractivity contribution is 0.0322. The van der Waals surface area contributed by atoms with Crippen LogP contribution in [0.1, 0.15) is 0 Å². The molecule has 0 atom stereocenters. The number of benzene rings is 4. The van der Waals surface area contributed by atoms with E-state index in [1.807, 2.05) is 78.9 Å². The highest BCUT2D eigenvalue weighted by Gasteiger charge is 2.18. The predicted molar refractivity (Wildman–Crippen MR) is 219 cm³/mol. The van der Waals surface area contributed by atoms with Crippen LogP contribution in [0.25, 0.3) is 66.6 Å². The summed E-state index contributed by atoms with van der Waals surface area (Å²) in [6.45, 7) is 10.6. The van der Waals surface area contributed by atoms with E-state index in [1.54, 1.807) is 0 Å². The van der Waals surface area contributed by atoms with Gasteiger partial charge in [-0.3, -0.25) is 9.80 Å². The number of aromatic nitrogens is 6. The number of hydrogen-bond donors (Lipinski definition) is 7. The molecule has 0 radical (unpaired) electrons. The maximum absolute atomic E-state index is 10.4. The molecule has 10 rings (SSSR count). The van der Waals surface area contributed by atoms with Gasteiger partial charge in [-0.25, -0.2) is 9.97 Å². The zero-order valence-electron chi connectivity index (χ0n) is 31.0. The van der Waals surface area contributed by atoms with E-state index in [0.717, 1.165) is 128 Å². The first kappa shape index (κ1) is 35.6. The number of anilines is 1. The topological polar surface area (TPSA) is 176 Å². The van der Waals surface area contributed by atoms with Crippen LogP contribution in [0.5, 0.6) is 17.5 Å². The summed E-state index contributed by atoms with van der Waals surface area (Å²) < 4.78 is 16.7. The summed E-state index contributed by atoms with van der Waals surface area (Å²) in [7, 11) is 0. The van der Waals surface area contributed by atoms with Crippen molar-refractivity contribution >= 4 is 49.6 Å². The lowest BCUT2D eigenvalue weighted by atomic mass is 10.1. The predicted octanol–water partition coefficient (Wildman–Crippen LogP) is 6.29. The average Bonchev–Trinajstić information content (AvgIpc) is 4.00. The smallest absolute Gasteiger partial charge is 0.200 e. The number of para-hydroxylation sites is 2.